The van der Waals surface area contributed by atoms with E-state index in [9.17, 15) is 0 Å². The number of nitrogens with zero attached hydrogens (tertiary/aromatic N) is 1. The Morgan fingerprint density at radius 2 is 1.98 bits per heavy atom. The molecule has 1 heterocycles. The van der Waals surface area contributed by atoms with Gasteiger partial charge in [0.05, 0.1) is 5.54 Å². The van der Waals surface area contributed by atoms with Crippen LogP contribution in [0.15, 0.2) is 96.5 Å². The molecule has 208 valence electrons. The lowest BCUT2D eigenvalue weighted by Crippen LogP contribution is -2.43. The zero-order valence-corrected chi connectivity index (χ0v) is 25.5. The van der Waals surface area contributed by atoms with Crippen molar-refractivity contribution in [3.63, 3.8) is 0 Å². The molecule has 42 heavy (non-hydrogen) atoms. The Bertz CT molecular complexity index is 1710. The van der Waals surface area contributed by atoms with E-state index in [0.29, 0.717) is 6.42 Å². The molecular weight excluding hydrogens is 527 g/mol. The van der Waals surface area contributed by atoms with Gasteiger partial charge in [0.25, 0.3) is 0 Å². The summed E-state index contributed by atoms with van der Waals surface area (Å²) in [5, 5.41) is 2.14. The van der Waals surface area contributed by atoms with Gasteiger partial charge in [-0.1, -0.05) is 78.8 Å². The van der Waals surface area contributed by atoms with Gasteiger partial charge < -0.3 is 4.90 Å². The molecule has 0 N–H and O–H groups in total. The highest BCUT2D eigenvalue weighted by Crippen LogP contribution is 2.45. The predicted octanol–water partition coefficient (Wildman–Crippen LogP) is 10.6. The van der Waals surface area contributed by atoms with Gasteiger partial charge in [-0.2, -0.15) is 0 Å². The van der Waals surface area contributed by atoms with Crippen molar-refractivity contribution in [1.29, 1.82) is 0 Å². The highest BCUT2D eigenvalue weighted by molar-refractivity contribution is 7.11. The summed E-state index contributed by atoms with van der Waals surface area (Å²) in [6, 6.07) is 15.4. The minimum atomic E-state index is -0.276. The molecule has 0 saturated heterocycles. The highest BCUT2D eigenvalue weighted by atomic mass is 32.1. The van der Waals surface area contributed by atoms with Gasteiger partial charge in [0.2, 0.25) is 0 Å². The van der Waals surface area contributed by atoms with E-state index >= 15 is 0 Å². The van der Waals surface area contributed by atoms with E-state index in [4.69, 9.17) is 12.8 Å². The van der Waals surface area contributed by atoms with Crippen LogP contribution >= 0.6 is 11.3 Å². The van der Waals surface area contributed by atoms with Crippen LogP contribution in [-0.2, 0) is 6.42 Å². The highest BCUT2D eigenvalue weighted by Gasteiger charge is 2.34. The molecule has 0 spiro atoms. The number of benzene rings is 2. The third kappa shape index (κ3) is 5.92. The lowest BCUT2D eigenvalue weighted by Gasteiger charge is -2.44. The normalized spacial score (nSPS) is 18.1. The zero-order chi connectivity index (χ0) is 29.5. The second kappa shape index (κ2) is 13.0. The molecule has 0 bridgehead atoms. The van der Waals surface area contributed by atoms with Crippen LogP contribution in [0.4, 0.5) is 11.4 Å². The van der Waals surface area contributed by atoms with E-state index in [2.05, 4.69) is 121 Å². The molecule has 2 heteroatoms. The summed E-state index contributed by atoms with van der Waals surface area (Å²) in [6.45, 7) is 6.57. The van der Waals surface area contributed by atoms with Crippen LogP contribution in [-0.4, -0.2) is 5.54 Å². The van der Waals surface area contributed by atoms with Gasteiger partial charge in [-0.15, -0.1) is 30.1 Å². The summed E-state index contributed by atoms with van der Waals surface area (Å²) < 4.78 is 0. The molecule has 3 aromatic rings. The first-order chi connectivity index (χ1) is 20.5. The molecule has 2 aliphatic rings. The molecule has 1 nitrogen and oxygen atoms in total. The van der Waals surface area contributed by atoms with Crippen molar-refractivity contribution in [2.75, 3.05) is 4.90 Å². The summed E-state index contributed by atoms with van der Waals surface area (Å²) in [5.41, 5.74) is 10.5. The van der Waals surface area contributed by atoms with Crippen LogP contribution in [0.25, 0.3) is 23.3 Å². The number of anilines is 2. The van der Waals surface area contributed by atoms with Crippen molar-refractivity contribution >= 4 is 46.0 Å². The fourth-order valence-corrected chi connectivity index (χ4v) is 6.59. The number of fused-ring (bicyclic) bond motifs is 1. The Kier molecular flexibility index (Phi) is 8.97. The fraction of sp³-hybridized carbons (Fsp3) is 0.200. The third-order valence-corrected chi connectivity index (χ3v) is 9.02. The van der Waals surface area contributed by atoms with Crippen molar-refractivity contribution in [2.24, 2.45) is 0 Å². The third-order valence-electron chi connectivity index (χ3n) is 8.10. The van der Waals surface area contributed by atoms with E-state index in [1.54, 1.807) is 11.3 Å². The minimum Gasteiger partial charge on any atom is -0.331 e. The van der Waals surface area contributed by atoms with E-state index in [1.807, 2.05) is 25.2 Å². The molecule has 0 radical (unpaired) electrons. The number of hydrogen-bond acceptors (Lipinski definition) is 2. The van der Waals surface area contributed by atoms with Crippen LogP contribution in [0.5, 0.6) is 0 Å². The topological polar surface area (TPSA) is 3.24 Å². The molecule has 1 unspecified atom stereocenters. The number of hydrogen-bond donors (Lipinski definition) is 0. The first-order valence-corrected chi connectivity index (χ1v) is 15.4. The summed E-state index contributed by atoms with van der Waals surface area (Å²) >= 11 is 1.79. The number of terminal acetylenes is 2. The van der Waals surface area contributed by atoms with Crippen molar-refractivity contribution in [3.05, 3.63) is 129 Å². The Hall–Kier alpha value is -4.50. The van der Waals surface area contributed by atoms with Gasteiger partial charge in [0, 0.05) is 28.2 Å². The molecule has 0 amide bonds. The van der Waals surface area contributed by atoms with Crippen LogP contribution < -0.4 is 4.90 Å². The number of rotatable bonds is 8. The van der Waals surface area contributed by atoms with Gasteiger partial charge in [0.15, 0.2) is 0 Å². The molecule has 0 saturated carbocycles. The van der Waals surface area contributed by atoms with Crippen LogP contribution in [0.3, 0.4) is 0 Å². The maximum atomic E-state index is 5.88. The first-order valence-electron chi connectivity index (χ1n) is 14.6. The quantitative estimate of drug-likeness (QED) is 0.195. The lowest BCUT2D eigenvalue weighted by atomic mass is 9.83. The maximum Gasteiger partial charge on any atom is 0.0643 e. The average Bonchev–Trinajstić information content (AvgIpc) is 3.56. The fourth-order valence-electron chi connectivity index (χ4n) is 5.84. The molecular formula is C40H37NS. The Labute approximate surface area is 256 Å². The van der Waals surface area contributed by atoms with Crippen molar-refractivity contribution in [1.82, 2.24) is 0 Å². The predicted molar refractivity (Wildman–Crippen MR) is 186 cm³/mol. The smallest absolute Gasteiger partial charge is 0.0643 e. The first kappa shape index (κ1) is 29.0. The summed E-state index contributed by atoms with van der Waals surface area (Å²) in [7, 11) is 0. The van der Waals surface area contributed by atoms with E-state index in [1.165, 1.54) is 38.4 Å². The summed E-state index contributed by atoms with van der Waals surface area (Å²) in [6.07, 6.45) is 36.9. The Morgan fingerprint density at radius 1 is 1.14 bits per heavy atom. The second-order valence-electron chi connectivity index (χ2n) is 10.9. The molecule has 0 fully saturated rings. The van der Waals surface area contributed by atoms with Crippen molar-refractivity contribution < 1.29 is 0 Å². The zero-order valence-electron chi connectivity index (χ0n) is 24.7. The molecule has 2 aliphatic carbocycles. The van der Waals surface area contributed by atoms with Crippen molar-refractivity contribution in [2.45, 2.75) is 52.0 Å². The summed E-state index contributed by atoms with van der Waals surface area (Å²) in [4.78, 5) is 3.84. The van der Waals surface area contributed by atoms with E-state index in [0.717, 1.165) is 36.1 Å². The summed E-state index contributed by atoms with van der Waals surface area (Å²) in [5.74, 6) is 5.59. The Morgan fingerprint density at radius 3 is 2.64 bits per heavy atom. The van der Waals surface area contributed by atoms with Crippen LogP contribution in [0.2, 0.25) is 0 Å². The average molecular weight is 564 g/mol. The standard InChI is InChI=1S/C40H37NS/c1-6-9-11-16-34-29-38(37-18-13-12-17-36(37)30(34)4)41(35-22-20-32(21-23-35)31(8-3)15-10-7-2)40(5)26-24-33(25-27-40)39-19-14-28-42-39/h1,3,7,10-12,14-17,19-26,28-29H,9,13,18,27H2,2,4-5H3/b10-7-,16-11-,31-15+. The maximum absolute atomic E-state index is 5.88. The van der Waals surface area contributed by atoms with Gasteiger partial charge in [-0.05, 0) is 109 Å². The monoisotopic (exact) mass is 563 g/mol. The minimum absolute atomic E-state index is 0.276. The molecule has 5 rings (SSSR count). The molecule has 1 atom stereocenters. The van der Waals surface area contributed by atoms with Crippen molar-refractivity contribution in [3.8, 4) is 24.7 Å². The molecule has 1 aromatic heterocycles. The van der Waals surface area contributed by atoms with Gasteiger partial charge in [-0.25, -0.2) is 0 Å². The number of thiophene rings is 1. The van der Waals surface area contributed by atoms with Gasteiger partial charge in [-0.3, -0.25) is 0 Å². The lowest BCUT2D eigenvalue weighted by molar-refractivity contribution is 0.569. The molecule has 0 aliphatic heterocycles. The Balaban J connectivity index is 1.67. The van der Waals surface area contributed by atoms with Gasteiger partial charge in [0.1, 0.15) is 0 Å². The largest absolute Gasteiger partial charge is 0.331 e. The van der Waals surface area contributed by atoms with E-state index in [-0.39, 0.29) is 5.54 Å². The second-order valence-corrected chi connectivity index (χ2v) is 11.9. The van der Waals surface area contributed by atoms with E-state index < -0.39 is 0 Å². The SMILES string of the molecule is C#CC/C=C\c1cc(N(c2ccc(/C(C#C)=C/C=C\C)cc2)C2(C)C=CC(c3cccs3)=CC2)c2c(c1C)C=CCC2. The van der Waals surface area contributed by atoms with Crippen LogP contribution in [0.1, 0.15) is 65.8 Å². The molecule has 2 aromatic carbocycles. The van der Waals surface area contributed by atoms with Gasteiger partial charge >= 0.3 is 0 Å². The van der Waals surface area contributed by atoms with Crippen LogP contribution in [0, 0.1) is 31.6 Å². The number of allylic oxidation sites excluding steroid dienone is 8.